The second-order valence-electron chi connectivity index (χ2n) is 4.84. The van der Waals surface area contributed by atoms with Crippen LogP contribution in [0.2, 0.25) is 0 Å². The van der Waals surface area contributed by atoms with Crippen LogP contribution in [0.1, 0.15) is 11.1 Å². The molecular formula is C20H15F. The van der Waals surface area contributed by atoms with Crippen LogP contribution < -0.4 is 0 Å². The third kappa shape index (κ3) is 3.26. The lowest BCUT2D eigenvalue weighted by Crippen LogP contribution is -1.83. The Labute approximate surface area is 124 Å². The van der Waals surface area contributed by atoms with Crippen molar-refractivity contribution in [2.45, 2.75) is 0 Å². The van der Waals surface area contributed by atoms with E-state index in [-0.39, 0.29) is 5.82 Å². The molecule has 3 aromatic rings. The van der Waals surface area contributed by atoms with Crippen molar-refractivity contribution in [3.8, 4) is 11.1 Å². The molecule has 3 rings (SSSR count). The van der Waals surface area contributed by atoms with Crippen molar-refractivity contribution in [2.75, 3.05) is 0 Å². The van der Waals surface area contributed by atoms with Gasteiger partial charge in [-0.2, -0.15) is 0 Å². The molecule has 0 heterocycles. The van der Waals surface area contributed by atoms with Crippen LogP contribution in [0.3, 0.4) is 0 Å². The van der Waals surface area contributed by atoms with E-state index in [9.17, 15) is 4.39 Å². The average molecular weight is 274 g/mol. The summed E-state index contributed by atoms with van der Waals surface area (Å²) in [5.41, 5.74) is 4.40. The van der Waals surface area contributed by atoms with Crippen LogP contribution in [0.25, 0.3) is 23.3 Å². The lowest BCUT2D eigenvalue weighted by Gasteiger charge is -2.06. The Hall–Kier alpha value is -2.67. The highest BCUT2D eigenvalue weighted by atomic mass is 19.1. The van der Waals surface area contributed by atoms with Gasteiger partial charge in [0.15, 0.2) is 0 Å². The third-order valence-electron chi connectivity index (χ3n) is 3.37. The Balaban J connectivity index is 1.96. The third-order valence-corrected chi connectivity index (χ3v) is 3.37. The monoisotopic (exact) mass is 274 g/mol. The maximum absolute atomic E-state index is 13.1. The molecule has 0 saturated carbocycles. The Bertz CT molecular complexity index is 740. The summed E-state index contributed by atoms with van der Waals surface area (Å²) in [5, 5.41) is 0. The van der Waals surface area contributed by atoms with Gasteiger partial charge in [-0.25, -0.2) is 4.39 Å². The number of halogens is 1. The topological polar surface area (TPSA) is 0 Å². The molecule has 0 fully saturated rings. The van der Waals surface area contributed by atoms with E-state index in [0.29, 0.717) is 0 Å². The highest BCUT2D eigenvalue weighted by molar-refractivity contribution is 5.80. The van der Waals surface area contributed by atoms with Gasteiger partial charge >= 0.3 is 0 Å². The predicted octanol–water partition coefficient (Wildman–Crippen LogP) is 5.66. The molecule has 102 valence electrons. The maximum Gasteiger partial charge on any atom is 0.123 e. The normalized spacial score (nSPS) is 10.9. The van der Waals surface area contributed by atoms with Crippen molar-refractivity contribution in [3.63, 3.8) is 0 Å². The standard InChI is InChI=1S/C20H15F/c21-19-14-12-18(13-15-19)20-9-5-4-8-17(20)11-10-16-6-2-1-3-7-16/h1-15H. The summed E-state index contributed by atoms with van der Waals surface area (Å²) in [6.07, 6.45) is 4.18. The minimum atomic E-state index is -0.212. The molecule has 0 spiro atoms. The lowest BCUT2D eigenvalue weighted by molar-refractivity contribution is 0.628. The van der Waals surface area contributed by atoms with Gasteiger partial charge in [0.1, 0.15) is 5.82 Å². The van der Waals surface area contributed by atoms with Crippen LogP contribution >= 0.6 is 0 Å². The molecule has 0 saturated heterocycles. The first-order valence-electron chi connectivity index (χ1n) is 6.91. The van der Waals surface area contributed by atoms with Gasteiger partial charge in [-0.1, -0.05) is 78.9 Å². The van der Waals surface area contributed by atoms with E-state index in [1.807, 2.05) is 42.5 Å². The van der Waals surface area contributed by atoms with E-state index in [2.05, 4.69) is 36.4 Å². The lowest BCUT2D eigenvalue weighted by atomic mass is 9.99. The molecule has 0 aliphatic heterocycles. The molecular weight excluding hydrogens is 259 g/mol. The van der Waals surface area contributed by atoms with Gasteiger partial charge in [0.05, 0.1) is 0 Å². The van der Waals surface area contributed by atoms with Crippen molar-refractivity contribution < 1.29 is 4.39 Å². The molecule has 0 aliphatic carbocycles. The van der Waals surface area contributed by atoms with Gasteiger partial charge in [-0.05, 0) is 34.4 Å². The molecule has 0 unspecified atom stereocenters. The fourth-order valence-electron chi connectivity index (χ4n) is 2.28. The molecule has 0 N–H and O–H groups in total. The fourth-order valence-corrected chi connectivity index (χ4v) is 2.28. The largest absolute Gasteiger partial charge is 0.207 e. The second-order valence-corrected chi connectivity index (χ2v) is 4.84. The summed E-state index contributed by atoms with van der Waals surface area (Å²) in [6, 6.07) is 24.9. The summed E-state index contributed by atoms with van der Waals surface area (Å²) in [5.74, 6) is -0.212. The zero-order chi connectivity index (χ0) is 14.5. The second kappa shape index (κ2) is 6.19. The fraction of sp³-hybridized carbons (Fsp3) is 0. The zero-order valence-electron chi connectivity index (χ0n) is 11.5. The Kier molecular flexibility index (Phi) is 3.92. The molecule has 3 aromatic carbocycles. The molecule has 0 aliphatic rings. The minimum Gasteiger partial charge on any atom is -0.207 e. The number of rotatable bonds is 3. The summed E-state index contributed by atoms with van der Waals surface area (Å²) >= 11 is 0. The van der Waals surface area contributed by atoms with E-state index >= 15 is 0 Å². The smallest absolute Gasteiger partial charge is 0.123 e. The summed E-state index contributed by atoms with van der Waals surface area (Å²) in [4.78, 5) is 0. The van der Waals surface area contributed by atoms with Crippen LogP contribution in [-0.4, -0.2) is 0 Å². The first-order valence-corrected chi connectivity index (χ1v) is 6.91. The van der Waals surface area contributed by atoms with Crippen LogP contribution in [-0.2, 0) is 0 Å². The Morgan fingerprint density at radius 2 is 1.29 bits per heavy atom. The Morgan fingerprint density at radius 1 is 0.619 bits per heavy atom. The summed E-state index contributed by atoms with van der Waals surface area (Å²) < 4.78 is 13.1. The minimum absolute atomic E-state index is 0.212. The molecule has 0 nitrogen and oxygen atoms in total. The molecule has 0 amide bonds. The van der Waals surface area contributed by atoms with Gasteiger partial charge in [-0.15, -0.1) is 0 Å². The van der Waals surface area contributed by atoms with Crippen LogP contribution in [0, 0.1) is 5.82 Å². The molecule has 0 bridgehead atoms. The van der Waals surface area contributed by atoms with Crippen molar-refractivity contribution in [2.24, 2.45) is 0 Å². The first kappa shape index (κ1) is 13.3. The van der Waals surface area contributed by atoms with Gasteiger partial charge in [0.2, 0.25) is 0 Å². The summed E-state index contributed by atoms with van der Waals surface area (Å²) in [6.45, 7) is 0. The SMILES string of the molecule is Fc1ccc(-c2ccccc2C=Cc2ccccc2)cc1. The maximum atomic E-state index is 13.1. The molecule has 0 atom stereocenters. The number of hydrogen-bond acceptors (Lipinski definition) is 0. The van der Waals surface area contributed by atoms with E-state index < -0.39 is 0 Å². The van der Waals surface area contributed by atoms with Gasteiger partial charge < -0.3 is 0 Å². The van der Waals surface area contributed by atoms with E-state index in [1.54, 1.807) is 0 Å². The first-order chi connectivity index (χ1) is 10.3. The number of benzene rings is 3. The molecule has 0 aromatic heterocycles. The van der Waals surface area contributed by atoms with E-state index in [0.717, 1.165) is 22.3 Å². The predicted molar refractivity (Wildman–Crippen MR) is 87.2 cm³/mol. The van der Waals surface area contributed by atoms with Crippen LogP contribution in [0.4, 0.5) is 4.39 Å². The highest BCUT2D eigenvalue weighted by Gasteiger charge is 2.02. The zero-order valence-corrected chi connectivity index (χ0v) is 11.5. The Morgan fingerprint density at radius 3 is 2.05 bits per heavy atom. The number of hydrogen-bond donors (Lipinski definition) is 0. The molecule has 1 heteroatoms. The van der Waals surface area contributed by atoms with Gasteiger partial charge in [0, 0.05) is 0 Å². The quantitative estimate of drug-likeness (QED) is 0.540. The van der Waals surface area contributed by atoms with Crippen molar-refractivity contribution in [1.82, 2.24) is 0 Å². The van der Waals surface area contributed by atoms with Crippen molar-refractivity contribution in [1.29, 1.82) is 0 Å². The van der Waals surface area contributed by atoms with Gasteiger partial charge in [0.25, 0.3) is 0 Å². The molecule has 0 radical (unpaired) electrons. The van der Waals surface area contributed by atoms with Crippen molar-refractivity contribution >= 4 is 12.2 Å². The summed E-state index contributed by atoms with van der Waals surface area (Å²) in [7, 11) is 0. The van der Waals surface area contributed by atoms with E-state index in [4.69, 9.17) is 0 Å². The average Bonchev–Trinajstić information content (AvgIpc) is 2.55. The van der Waals surface area contributed by atoms with E-state index in [1.165, 1.54) is 12.1 Å². The van der Waals surface area contributed by atoms with Crippen LogP contribution in [0.5, 0.6) is 0 Å². The van der Waals surface area contributed by atoms with Crippen molar-refractivity contribution in [3.05, 3.63) is 95.8 Å². The molecule has 21 heavy (non-hydrogen) atoms. The highest BCUT2D eigenvalue weighted by Crippen LogP contribution is 2.25. The van der Waals surface area contributed by atoms with Gasteiger partial charge in [-0.3, -0.25) is 0 Å². The van der Waals surface area contributed by atoms with Crippen LogP contribution in [0.15, 0.2) is 78.9 Å².